The Labute approximate surface area is 192 Å². The first-order valence-corrected chi connectivity index (χ1v) is 10.3. The minimum Gasteiger partial charge on any atom is -0.508 e. The van der Waals surface area contributed by atoms with Crippen LogP contribution >= 0.6 is 22.6 Å². The second kappa shape index (κ2) is 9.43. The molecule has 31 heavy (non-hydrogen) atoms. The summed E-state index contributed by atoms with van der Waals surface area (Å²) < 4.78 is 17.1. The molecular weight excluding hydrogens is 519 g/mol. The molecule has 2 aromatic rings. The minimum atomic E-state index is -0.959. The Balaban J connectivity index is 1.87. The molecule has 10 heteroatoms. The monoisotopic (exact) mass is 540 g/mol. The lowest BCUT2D eigenvalue weighted by atomic mass is 9.81. The van der Waals surface area contributed by atoms with E-state index in [9.17, 15) is 14.7 Å². The van der Waals surface area contributed by atoms with Gasteiger partial charge >= 0.3 is 6.09 Å². The normalized spacial score (nSPS) is 13.7. The topological polar surface area (TPSA) is 126 Å². The smallest absolute Gasteiger partial charge is 0.412 e. The number of hydrogen-bond acceptors (Lipinski definition) is 7. The van der Waals surface area contributed by atoms with Gasteiger partial charge in [-0.05, 0) is 52.9 Å². The van der Waals surface area contributed by atoms with Gasteiger partial charge in [-0.15, -0.1) is 0 Å². The Hall–Kier alpha value is -2.99. The van der Waals surface area contributed by atoms with Crippen LogP contribution in [0, 0.1) is 8.99 Å². The van der Waals surface area contributed by atoms with Gasteiger partial charge in [-0.25, -0.2) is 10.3 Å². The lowest BCUT2D eigenvalue weighted by Crippen LogP contribution is -2.28. The summed E-state index contributed by atoms with van der Waals surface area (Å²) in [5.74, 6) is 0.287. The van der Waals surface area contributed by atoms with Crippen LogP contribution in [0.25, 0.3) is 0 Å². The van der Waals surface area contributed by atoms with Crippen LogP contribution < -0.4 is 20.3 Å². The molecule has 0 saturated carbocycles. The van der Waals surface area contributed by atoms with Crippen LogP contribution in [0.1, 0.15) is 25.5 Å². The van der Waals surface area contributed by atoms with E-state index >= 15 is 0 Å². The number of benzene rings is 2. The summed E-state index contributed by atoms with van der Waals surface area (Å²) in [6.07, 6.45) is 0.877. The van der Waals surface area contributed by atoms with Crippen molar-refractivity contribution >= 4 is 40.3 Å². The number of ether oxygens (including phenoxy) is 3. The average molecular weight is 540 g/mol. The predicted octanol–water partition coefficient (Wildman–Crippen LogP) is 4.10. The second-order valence-corrected chi connectivity index (χ2v) is 8.56. The maximum absolute atomic E-state index is 12.7. The van der Waals surface area contributed by atoms with Crippen molar-refractivity contribution in [3.8, 4) is 17.2 Å². The Morgan fingerprint density at radius 3 is 2.68 bits per heavy atom. The maximum atomic E-state index is 12.7. The lowest BCUT2D eigenvalue weighted by molar-refractivity contribution is -0.124. The minimum absolute atomic E-state index is 0.0608. The van der Waals surface area contributed by atoms with Gasteiger partial charge in [-0.3, -0.25) is 15.3 Å². The summed E-state index contributed by atoms with van der Waals surface area (Å²) in [4.78, 5) is 24.2. The molecule has 0 spiro atoms. The van der Waals surface area contributed by atoms with Crippen molar-refractivity contribution in [2.24, 2.45) is 5.41 Å². The molecule has 1 heterocycles. The van der Waals surface area contributed by atoms with Crippen molar-refractivity contribution in [3.05, 3.63) is 57.7 Å². The Kier molecular flexibility index (Phi) is 6.91. The molecular formula is C21H21IN2O7. The molecule has 0 unspecified atom stereocenters. The van der Waals surface area contributed by atoms with E-state index in [0.29, 0.717) is 22.7 Å². The van der Waals surface area contributed by atoms with E-state index in [2.05, 4.69) is 27.9 Å². The Morgan fingerprint density at radius 1 is 1.19 bits per heavy atom. The van der Waals surface area contributed by atoms with Gasteiger partial charge in [0.15, 0.2) is 11.5 Å². The molecule has 0 fully saturated rings. The molecule has 0 radical (unpaired) electrons. The number of amides is 2. The molecule has 0 aromatic heterocycles. The SMILES string of the molecule is CC(C)(/C=C/C(=O)NO)[C@H](OC(=O)Nc1ccc2c(c1)OCO2)c1cc(I)ccc1O. The first-order chi connectivity index (χ1) is 14.7. The number of rotatable bonds is 6. The number of hydrogen-bond donors (Lipinski definition) is 4. The number of aromatic hydroxyl groups is 1. The fraction of sp³-hybridized carbons (Fsp3) is 0.238. The number of nitrogens with one attached hydrogen (secondary N) is 2. The number of carbonyl (C=O) groups is 2. The highest BCUT2D eigenvalue weighted by Gasteiger charge is 2.34. The molecule has 0 aliphatic carbocycles. The third-order valence-corrected chi connectivity index (χ3v) is 5.24. The maximum Gasteiger partial charge on any atom is 0.412 e. The molecule has 1 aliphatic heterocycles. The highest BCUT2D eigenvalue weighted by Crippen LogP contribution is 2.42. The second-order valence-electron chi connectivity index (χ2n) is 7.31. The molecule has 2 amide bonds. The van der Waals surface area contributed by atoms with Crippen molar-refractivity contribution < 1.29 is 34.1 Å². The summed E-state index contributed by atoms with van der Waals surface area (Å²) in [5, 5.41) is 21.8. The van der Waals surface area contributed by atoms with Gasteiger partial charge in [0.25, 0.3) is 5.91 Å². The fourth-order valence-electron chi connectivity index (χ4n) is 3.00. The van der Waals surface area contributed by atoms with Crippen molar-refractivity contribution in [3.63, 3.8) is 0 Å². The number of halogens is 1. The average Bonchev–Trinajstić information content (AvgIpc) is 3.20. The molecule has 2 aromatic carbocycles. The van der Waals surface area contributed by atoms with Crippen molar-refractivity contribution in [1.29, 1.82) is 0 Å². The molecule has 3 rings (SSSR count). The number of fused-ring (bicyclic) bond motifs is 1. The number of hydroxylamine groups is 1. The first-order valence-electron chi connectivity index (χ1n) is 9.18. The molecule has 4 N–H and O–H groups in total. The zero-order valence-corrected chi connectivity index (χ0v) is 18.9. The van der Waals surface area contributed by atoms with E-state index in [0.717, 1.165) is 9.65 Å². The van der Waals surface area contributed by atoms with E-state index in [1.807, 2.05) is 0 Å². The van der Waals surface area contributed by atoms with Crippen LogP contribution in [0.2, 0.25) is 0 Å². The fourth-order valence-corrected chi connectivity index (χ4v) is 3.51. The van der Waals surface area contributed by atoms with E-state index in [-0.39, 0.29) is 12.5 Å². The summed E-state index contributed by atoms with van der Waals surface area (Å²) in [5.41, 5.74) is 1.39. The van der Waals surface area contributed by atoms with Crippen LogP contribution in [0.4, 0.5) is 10.5 Å². The van der Waals surface area contributed by atoms with Gasteiger partial charge in [-0.2, -0.15) is 0 Å². The number of phenolic OH excluding ortho intramolecular Hbond substituents is 1. The van der Waals surface area contributed by atoms with Crippen molar-refractivity contribution in [2.45, 2.75) is 20.0 Å². The van der Waals surface area contributed by atoms with Crippen LogP contribution in [0.3, 0.4) is 0 Å². The zero-order valence-electron chi connectivity index (χ0n) is 16.7. The van der Waals surface area contributed by atoms with E-state index in [1.54, 1.807) is 44.2 Å². The first kappa shape index (κ1) is 22.7. The predicted molar refractivity (Wildman–Crippen MR) is 119 cm³/mol. The van der Waals surface area contributed by atoms with Crippen molar-refractivity contribution in [1.82, 2.24) is 5.48 Å². The molecule has 9 nitrogen and oxygen atoms in total. The number of carbonyl (C=O) groups excluding carboxylic acids is 2. The van der Waals surface area contributed by atoms with Crippen LogP contribution in [-0.4, -0.2) is 29.1 Å². The molecule has 0 bridgehead atoms. The molecule has 1 aliphatic rings. The standard InChI is InChI=1S/C21H21IN2O7/c1-21(2,8-7-18(26)24-28)19(14-9-12(22)3-5-15(14)25)31-20(27)23-13-4-6-16-17(10-13)30-11-29-16/h3-10,19,25,28H,11H2,1-2H3,(H,23,27)(H,24,26)/b8-7+/t19-/m1/s1. The van der Waals surface area contributed by atoms with E-state index in [4.69, 9.17) is 19.4 Å². The quantitative estimate of drug-likeness (QED) is 0.188. The van der Waals surface area contributed by atoms with Crippen LogP contribution in [0.5, 0.6) is 17.2 Å². The van der Waals surface area contributed by atoms with Gasteiger partial charge in [-0.1, -0.05) is 19.9 Å². The zero-order chi connectivity index (χ0) is 22.6. The Bertz CT molecular complexity index is 1020. The van der Waals surface area contributed by atoms with Crippen molar-refractivity contribution in [2.75, 3.05) is 12.1 Å². The highest BCUT2D eigenvalue weighted by atomic mass is 127. The van der Waals surface area contributed by atoms with Gasteiger partial charge in [0.05, 0.1) is 0 Å². The third kappa shape index (κ3) is 5.58. The van der Waals surface area contributed by atoms with E-state index in [1.165, 1.54) is 17.6 Å². The summed E-state index contributed by atoms with van der Waals surface area (Å²) in [6.45, 7) is 3.57. The van der Waals surface area contributed by atoms with Gasteiger partial charge in [0, 0.05) is 32.4 Å². The molecule has 1 atom stereocenters. The van der Waals surface area contributed by atoms with Crippen LogP contribution in [-0.2, 0) is 9.53 Å². The summed E-state index contributed by atoms with van der Waals surface area (Å²) in [6, 6.07) is 9.83. The number of anilines is 1. The summed E-state index contributed by atoms with van der Waals surface area (Å²) in [7, 11) is 0. The van der Waals surface area contributed by atoms with Gasteiger partial charge in [0.1, 0.15) is 11.9 Å². The molecule has 0 saturated heterocycles. The highest BCUT2D eigenvalue weighted by molar-refractivity contribution is 14.1. The Morgan fingerprint density at radius 2 is 1.94 bits per heavy atom. The number of phenols is 1. The van der Waals surface area contributed by atoms with Crippen LogP contribution in [0.15, 0.2) is 48.6 Å². The van der Waals surface area contributed by atoms with Gasteiger partial charge in [0.2, 0.25) is 6.79 Å². The third-order valence-electron chi connectivity index (χ3n) is 4.57. The van der Waals surface area contributed by atoms with Gasteiger partial charge < -0.3 is 19.3 Å². The largest absolute Gasteiger partial charge is 0.508 e. The van der Waals surface area contributed by atoms with E-state index < -0.39 is 23.5 Å². The summed E-state index contributed by atoms with van der Waals surface area (Å²) >= 11 is 2.08. The molecule has 164 valence electrons. The lowest BCUT2D eigenvalue weighted by Gasteiger charge is -2.32.